The Hall–Kier alpha value is -4.85. The molecule has 0 unspecified atom stereocenters. The van der Waals surface area contributed by atoms with Crippen LogP contribution in [0.4, 0.5) is 5.69 Å². The van der Waals surface area contributed by atoms with Crippen LogP contribution in [0.25, 0.3) is 10.8 Å². The van der Waals surface area contributed by atoms with E-state index < -0.39 is 5.91 Å². The van der Waals surface area contributed by atoms with Crippen molar-refractivity contribution in [2.75, 3.05) is 26.1 Å². The van der Waals surface area contributed by atoms with Gasteiger partial charge in [0.15, 0.2) is 18.1 Å². The molecule has 2 amide bonds. The van der Waals surface area contributed by atoms with Gasteiger partial charge in [-0.3, -0.25) is 9.59 Å². The quantitative estimate of drug-likeness (QED) is 0.252. The Bertz CT molecular complexity index is 1450. The topological polar surface area (TPSA) is 98.2 Å². The molecular weight excluding hydrogens is 470 g/mol. The summed E-state index contributed by atoms with van der Waals surface area (Å²) in [5, 5.41) is 8.74. The van der Waals surface area contributed by atoms with Crippen molar-refractivity contribution in [1.82, 2.24) is 5.43 Å². The van der Waals surface area contributed by atoms with Gasteiger partial charge in [0.05, 0.1) is 26.0 Å². The third-order valence-corrected chi connectivity index (χ3v) is 5.57. The molecule has 37 heavy (non-hydrogen) atoms. The van der Waals surface area contributed by atoms with E-state index >= 15 is 0 Å². The molecule has 0 bridgehead atoms. The number of fused-ring (bicyclic) bond motifs is 1. The number of aryl methyl sites for hydroxylation is 1. The third-order valence-electron chi connectivity index (χ3n) is 5.57. The molecule has 2 N–H and O–H groups in total. The number of nitrogens with zero attached hydrogens (tertiary/aromatic N) is 1. The van der Waals surface area contributed by atoms with Crippen molar-refractivity contribution >= 4 is 34.5 Å². The van der Waals surface area contributed by atoms with Gasteiger partial charge >= 0.3 is 0 Å². The maximum absolute atomic E-state index is 12.7. The number of anilines is 1. The van der Waals surface area contributed by atoms with Crippen molar-refractivity contribution in [2.24, 2.45) is 5.10 Å². The first-order valence-electron chi connectivity index (χ1n) is 11.5. The number of hydrogen-bond donors (Lipinski definition) is 2. The van der Waals surface area contributed by atoms with Gasteiger partial charge in [-0.25, -0.2) is 5.43 Å². The molecule has 4 aromatic rings. The number of methoxy groups -OCH3 is 2. The number of benzene rings is 4. The van der Waals surface area contributed by atoms with E-state index in [2.05, 4.69) is 15.8 Å². The van der Waals surface area contributed by atoms with Crippen molar-refractivity contribution in [2.45, 2.75) is 6.92 Å². The molecule has 0 aliphatic carbocycles. The summed E-state index contributed by atoms with van der Waals surface area (Å²) in [7, 11) is 3.02. The summed E-state index contributed by atoms with van der Waals surface area (Å²) < 4.78 is 16.4. The standard InChI is InChI=1S/C29H27N3O5/c1-19-8-11-23(12-9-19)31-28(33)18-37-25-13-10-20(14-27(25)36-3)17-30-32-29(34)24-15-21-6-4-5-7-22(21)16-26(24)35-2/h4-17H,18H2,1-3H3,(H,31,33)(H,32,34)/b30-17-. The van der Waals surface area contributed by atoms with Gasteiger partial charge in [-0.05, 0) is 65.7 Å². The molecule has 0 radical (unpaired) electrons. The molecule has 0 fully saturated rings. The molecule has 0 saturated heterocycles. The molecule has 4 aromatic carbocycles. The van der Waals surface area contributed by atoms with Crippen LogP contribution in [0.5, 0.6) is 17.2 Å². The summed E-state index contributed by atoms with van der Waals surface area (Å²) in [5.41, 5.74) is 5.38. The average Bonchev–Trinajstić information content (AvgIpc) is 2.92. The first kappa shape index (κ1) is 25.2. The van der Waals surface area contributed by atoms with Crippen LogP contribution in [0.1, 0.15) is 21.5 Å². The second-order valence-electron chi connectivity index (χ2n) is 8.21. The highest BCUT2D eigenvalue weighted by Crippen LogP contribution is 2.28. The largest absolute Gasteiger partial charge is 0.496 e. The van der Waals surface area contributed by atoms with Crippen LogP contribution in [0.15, 0.2) is 84.0 Å². The zero-order valence-electron chi connectivity index (χ0n) is 20.8. The average molecular weight is 498 g/mol. The second kappa shape index (κ2) is 11.7. The Kier molecular flexibility index (Phi) is 8.00. The van der Waals surface area contributed by atoms with Gasteiger partial charge in [0.2, 0.25) is 0 Å². The summed E-state index contributed by atoms with van der Waals surface area (Å²) in [6, 6.07) is 23.9. The Balaban J connectivity index is 1.38. The molecule has 0 aliphatic heterocycles. The van der Waals surface area contributed by atoms with Gasteiger partial charge in [0.1, 0.15) is 5.75 Å². The zero-order valence-corrected chi connectivity index (χ0v) is 20.8. The Morgan fingerprint density at radius 1 is 0.838 bits per heavy atom. The van der Waals surface area contributed by atoms with Crippen LogP contribution < -0.4 is 25.0 Å². The van der Waals surface area contributed by atoms with Crippen LogP contribution in [0, 0.1) is 6.92 Å². The van der Waals surface area contributed by atoms with Gasteiger partial charge in [0.25, 0.3) is 11.8 Å². The van der Waals surface area contributed by atoms with Crippen molar-refractivity contribution in [3.8, 4) is 17.2 Å². The van der Waals surface area contributed by atoms with E-state index in [1.165, 1.54) is 20.4 Å². The van der Waals surface area contributed by atoms with Gasteiger partial charge in [-0.1, -0.05) is 42.0 Å². The van der Waals surface area contributed by atoms with Crippen LogP contribution in [-0.4, -0.2) is 38.9 Å². The molecule has 0 aliphatic rings. The summed E-state index contributed by atoms with van der Waals surface area (Å²) in [4.78, 5) is 25.0. The second-order valence-corrected chi connectivity index (χ2v) is 8.21. The predicted octanol–water partition coefficient (Wildman–Crippen LogP) is 4.95. The molecule has 8 heteroatoms. The van der Waals surface area contributed by atoms with Gasteiger partial charge < -0.3 is 19.5 Å². The number of amides is 2. The Labute approximate surface area is 214 Å². The monoisotopic (exact) mass is 497 g/mol. The van der Waals surface area contributed by atoms with Crippen molar-refractivity contribution in [3.05, 3.63) is 95.6 Å². The van der Waals surface area contributed by atoms with E-state index in [9.17, 15) is 9.59 Å². The molecule has 0 aromatic heterocycles. The molecule has 0 heterocycles. The van der Waals surface area contributed by atoms with E-state index in [0.29, 0.717) is 34.1 Å². The van der Waals surface area contributed by atoms with E-state index in [0.717, 1.165) is 16.3 Å². The number of carbonyl (C=O) groups is 2. The first-order valence-corrected chi connectivity index (χ1v) is 11.5. The fourth-order valence-electron chi connectivity index (χ4n) is 3.65. The van der Waals surface area contributed by atoms with E-state index in [1.54, 1.807) is 24.3 Å². The van der Waals surface area contributed by atoms with Crippen LogP contribution in [0.3, 0.4) is 0 Å². The van der Waals surface area contributed by atoms with Crippen molar-refractivity contribution in [1.29, 1.82) is 0 Å². The lowest BCUT2D eigenvalue weighted by Gasteiger charge is -2.11. The highest BCUT2D eigenvalue weighted by Gasteiger charge is 2.13. The van der Waals surface area contributed by atoms with Crippen LogP contribution >= 0.6 is 0 Å². The number of rotatable bonds is 9. The molecule has 4 rings (SSSR count). The van der Waals surface area contributed by atoms with Crippen LogP contribution in [0.2, 0.25) is 0 Å². The third kappa shape index (κ3) is 6.43. The molecular formula is C29H27N3O5. The highest BCUT2D eigenvalue weighted by atomic mass is 16.5. The Morgan fingerprint density at radius 3 is 2.24 bits per heavy atom. The smallest absolute Gasteiger partial charge is 0.275 e. The normalized spacial score (nSPS) is 10.8. The highest BCUT2D eigenvalue weighted by molar-refractivity contribution is 6.02. The lowest BCUT2D eigenvalue weighted by atomic mass is 10.1. The fourth-order valence-corrected chi connectivity index (χ4v) is 3.65. The van der Waals surface area contributed by atoms with Gasteiger partial charge in [-0.15, -0.1) is 0 Å². The molecule has 0 atom stereocenters. The number of carbonyl (C=O) groups excluding carboxylic acids is 2. The lowest BCUT2D eigenvalue weighted by Crippen LogP contribution is -2.20. The number of ether oxygens (including phenoxy) is 3. The van der Waals surface area contributed by atoms with E-state index in [-0.39, 0.29) is 12.5 Å². The summed E-state index contributed by atoms with van der Waals surface area (Å²) in [5.74, 6) is 0.605. The minimum absolute atomic E-state index is 0.179. The lowest BCUT2D eigenvalue weighted by molar-refractivity contribution is -0.118. The minimum atomic E-state index is -0.398. The molecule has 8 nitrogen and oxygen atoms in total. The number of hydrazone groups is 1. The maximum Gasteiger partial charge on any atom is 0.275 e. The first-order chi connectivity index (χ1) is 18.0. The molecule has 188 valence electrons. The fraction of sp³-hybridized carbons (Fsp3) is 0.138. The van der Waals surface area contributed by atoms with Crippen molar-refractivity contribution in [3.63, 3.8) is 0 Å². The summed E-state index contributed by atoms with van der Waals surface area (Å²) >= 11 is 0. The molecule has 0 spiro atoms. The van der Waals surface area contributed by atoms with Gasteiger partial charge in [-0.2, -0.15) is 5.10 Å². The number of nitrogens with one attached hydrogen (secondary N) is 2. The van der Waals surface area contributed by atoms with Gasteiger partial charge in [0, 0.05) is 5.69 Å². The van der Waals surface area contributed by atoms with Crippen molar-refractivity contribution < 1.29 is 23.8 Å². The van der Waals surface area contributed by atoms with E-state index in [1.807, 2.05) is 61.5 Å². The SMILES string of the molecule is COc1cc(/C=N\NC(=O)c2cc3ccccc3cc2OC)ccc1OCC(=O)Nc1ccc(C)cc1. The van der Waals surface area contributed by atoms with E-state index in [4.69, 9.17) is 14.2 Å². The summed E-state index contributed by atoms with van der Waals surface area (Å²) in [6.45, 7) is 1.80. The maximum atomic E-state index is 12.7. The Morgan fingerprint density at radius 2 is 1.54 bits per heavy atom. The predicted molar refractivity (Wildman–Crippen MR) is 144 cm³/mol. The zero-order chi connectivity index (χ0) is 26.2. The minimum Gasteiger partial charge on any atom is -0.496 e. The van der Waals surface area contributed by atoms with Crippen LogP contribution in [-0.2, 0) is 4.79 Å². The summed E-state index contributed by atoms with van der Waals surface area (Å²) in [6.07, 6.45) is 1.49. The number of hydrogen-bond acceptors (Lipinski definition) is 6. The molecule has 0 saturated carbocycles.